The summed E-state index contributed by atoms with van der Waals surface area (Å²) in [5.74, 6) is -1.02. The number of aliphatic hydroxyl groups is 2. The van der Waals surface area contributed by atoms with Crippen LogP contribution < -0.4 is 0 Å². The lowest BCUT2D eigenvalue weighted by Gasteiger charge is -2.20. The van der Waals surface area contributed by atoms with Crippen LogP contribution in [0.2, 0.25) is 0 Å². The number of hydrogen-bond donors (Lipinski definition) is 3. The number of phosphoric acid groups is 1. The maximum Gasteiger partial charge on any atom is 0.472 e. The van der Waals surface area contributed by atoms with Gasteiger partial charge < -0.3 is 24.6 Å². The fourth-order valence-electron chi connectivity index (χ4n) is 4.29. The van der Waals surface area contributed by atoms with Gasteiger partial charge in [-0.15, -0.1) is 0 Å². The summed E-state index contributed by atoms with van der Waals surface area (Å²) < 4.78 is 32.1. The molecule has 0 saturated heterocycles. The van der Waals surface area contributed by atoms with Crippen molar-refractivity contribution in [3.8, 4) is 0 Å². The number of carbonyl (C=O) groups excluding carboxylic acids is 2. The first-order valence-corrected chi connectivity index (χ1v) is 17.5. The highest BCUT2D eigenvalue weighted by atomic mass is 31.2. The second-order valence-corrected chi connectivity index (χ2v) is 12.3. The molecule has 0 aromatic carbocycles. The van der Waals surface area contributed by atoms with Crippen LogP contribution in [-0.4, -0.2) is 65.7 Å². The van der Waals surface area contributed by atoms with Crippen LogP contribution in [0.25, 0.3) is 0 Å². The zero-order valence-corrected chi connectivity index (χ0v) is 26.7. The zero-order chi connectivity index (χ0) is 30.6. The van der Waals surface area contributed by atoms with Crippen molar-refractivity contribution in [3.63, 3.8) is 0 Å². The van der Waals surface area contributed by atoms with Crippen LogP contribution in [0.4, 0.5) is 0 Å². The van der Waals surface area contributed by atoms with Crippen LogP contribution in [0.3, 0.4) is 0 Å². The number of hydrogen-bond acceptors (Lipinski definition) is 9. The molecule has 0 rings (SSSR count). The summed E-state index contributed by atoms with van der Waals surface area (Å²) in [7, 11) is -4.61. The van der Waals surface area contributed by atoms with Crippen molar-refractivity contribution >= 4 is 19.8 Å². The minimum absolute atomic E-state index is 0.195. The molecule has 0 radical (unpaired) electrons. The predicted molar refractivity (Wildman–Crippen MR) is 159 cm³/mol. The van der Waals surface area contributed by atoms with Gasteiger partial charge in [-0.2, -0.15) is 0 Å². The van der Waals surface area contributed by atoms with Crippen molar-refractivity contribution in [1.29, 1.82) is 0 Å². The van der Waals surface area contributed by atoms with Gasteiger partial charge in [-0.25, -0.2) is 4.57 Å². The molecule has 0 saturated carbocycles. The highest BCUT2D eigenvalue weighted by molar-refractivity contribution is 7.47. The van der Waals surface area contributed by atoms with Gasteiger partial charge in [0.2, 0.25) is 0 Å². The van der Waals surface area contributed by atoms with Crippen LogP contribution in [0.1, 0.15) is 142 Å². The van der Waals surface area contributed by atoms with Crippen molar-refractivity contribution in [2.45, 2.75) is 154 Å². The molecule has 0 heterocycles. The molecule has 3 N–H and O–H groups in total. The Kier molecular flexibility index (Phi) is 27.1. The van der Waals surface area contributed by atoms with Crippen LogP contribution in [0.15, 0.2) is 0 Å². The summed E-state index contributed by atoms with van der Waals surface area (Å²) in [4.78, 5) is 34.0. The standard InChI is InChI=1S/C30H59O10P/c1-3-5-7-9-11-12-13-14-16-18-20-22-30(34)40-28(24-32)26-38-41(35,36)37-25-27(23-31)39-29(33)21-19-17-15-10-8-6-4-2/h27-28,31-32H,3-26H2,1-2H3,(H,35,36). The van der Waals surface area contributed by atoms with E-state index in [1.54, 1.807) is 0 Å². The molecule has 0 aliphatic carbocycles. The molecule has 0 amide bonds. The lowest BCUT2D eigenvalue weighted by atomic mass is 10.1. The first-order chi connectivity index (χ1) is 19.8. The van der Waals surface area contributed by atoms with E-state index in [2.05, 4.69) is 13.8 Å². The minimum Gasteiger partial charge on any atom is -0.457 e. The number of aliphatic hydroxyl groups excluding tert-OH is 2. The number of unbranched alkanes of at least 4 members (excludes halogenated alkanes) is 16. The lowest BCUT2D eigenvalue weighted by Crippen LogP contribution is -2.28. The summed E-state index contributed by atoms with van der Waals surface area (Å²) in [6, 6.07) is 0. The molecule has 0 aliphatic rings. The van der Waals surface area contributed by atoms with E-state index in [-0.39, 0.29) is 12.8 Å². The van der Waals surface area contributed by atoms with Gasteiger partial charge in [0, 0.05) is 12.8 Å². The summed E-state index contributed by atoms with van der Waals surface area (Å²) in [6.07, 6.45) is 18.3. The van der Waals surface area contributed by atoms with Crippen molar-refractivity contribution < 1.29 is 47.8 Å². The zero-order valence-electron chi connectivity index (χ0n) is 25.8. The Balaban J connectivity index is 4.05. The average Bonchev–Trinajstić information content (AvgIpc) is 2.95. The van der Waals surface area contributed by atoms with Gasteiger partial charge >= 0.3 is 19.8 Å². The Hall–Kier alpha value is -1.03. The monoisotopic (exact) mass is 610 g/mol. The third-order valence-corrected chi connectivity index (χ3v) is 7.77. The van der Waals surface area contributed by atoms with Gasteiger partial charge in [-0.1, -0.05) is 117 Å². The van der Waals surface area contributed by atoms with Crippen molar-refractivity contribution in [1.82, 2.24) is 0 Å². The first kappa shape index (κ1) is 40.0. The second-order valence-electron chi connectivity index (χ2n) is 10.8. The van der Waals surface area contributed by atoms with E-state index in [1.165, 1.54) is 64.2 Å². The summed E-state index contributed by atoms with van der Waals surface area (Å²) in [5, 5.41) is 18.9. The van der Waals surface area contributed by atoms with E-state index in [4.69, 9.17) is 18.5 Å². The Bertz CT molecular complexity index is 676. The summed E-state index contributed by atoms with van der Waals surface area (Å²) in [5.41, 5.74) is 0. The molecule has 0 aromatic rings. The van der Waals surface area contributed by atoms with E-state index in [9.17, 15) is 29.3 Å². The fraction of sp³-hybridized carbons (Fsp3) is 0.933. The third-order valence-electron chi connectivity index (χ3n) is 6.82. The maximum atomic E-state index is 12.2. The second kappa shape index (κ2) is 27.8. The maximum absolute atomic E-state index is 12.2. The number of ether oxygens (including phenoxy) is 2. The van der Waals surface area contributed by atoms with Gasteiger partial charge in [-0.05, 0) is 12.8 Å². The fourth-order valence-corrected chi connectivity index (χ4v) is 5.07. The molecule has 3 unspecified atom stereocenters. The number of phosphoric ester groups is 1. The highest BCUT2D eigenvalue weighted by Gasteiger charge is 2.27. The van der Waals surface area contributed by atoms with Crippen LogP contribution in [0.5, 0.6) is 0 Å². The van der Waals surface area contributed by atoms with Crippen LogP contribution in [-0.2, 0) is 32.7 Å². The topological polar surface area (TPSA) is 149 Å². The molecule has 0 spiro atoms. The highest BCUT2D eigenvalue weighted by Crippen LogP contribution is 2.43. The number of esters is 2. The molecule has 41 heavy (non-hydrogen) atoms. The summed E-state index contributed by atoms with van der Waals surface area (Å²) in [6.45, 7) is 2.11. The normalized spacial score (nSPS) is 14.4. The van der Waals surface area contributed by atoms with E-state index in [0.29, 0.717) is 12.8 Å². The number of carbonyl (C=O) groups is 2. The number of rotatable bonds is 30. The van der Waals surface area contributed by atoms with Gasteiger partial charge in [-0.3, -0.25) is 18.6 Å². The molecular formula is C30H59O10P. The molecule has 11 heteroatoms. The molecule has 3 atom stereocenters. The van der Waals surface area contributed by atoms with Gasteiger partial charge in [0.25, 0.3) is 0 Å². The van der Waals surface area contributed by atoms with Gasteiger partial charge in [0.1, 0.15) is 12.2 Å². The third kappa shape index (κ3) is 26.3. The Morgan fingerprint density at radius 1 is 0.561 bits per heavy atom. The van der Waals surface area contributed by atoms with Gasteiger partial charge in [0.15, 0.2) is 0 Å². The van der Waals surface area contributed by atoms with E-state index < -0.39 is 58.4 Å². The van der Waals surface area contributed by atoms with Crippen LogP contribution >= 0.6 is 7.82 Å². The molecule has 0 fully saturated rings. The minimum atomic E-state index is -4.61. The summed E-state index contributed by atoms with van der Waals surface area (Å²) >= 11 is 0. The Morgan fingerprint density at radius 2 is 0.854 bits per heavy atom. The Labute approximate surface area is 248 Å². The lowest BCUT2D eigenvalue weighted by molar-refractivity contribution is -0.153. The van der Waals surface area contributed by atoms with Crippen LogP contribution in [0, 0.1) is 0 Å². The van der Waals surface area contributed by atoms with E-state index in [1.807, 2.05) is 0 Å². The first-order valence-electron chi connectivity index (χ1n) is 16.0. The van der Waals surface area contributed by atoms with Gasteiger partial charge in [0.05, 0.1) is 26.4 Å². The van der Waals surface area contributed by atoms with Crippen molar-refractivity contribution in [3.05, 3.63) is 0 Å². The quantitative estimate of drug-likeness (QED) is 0.0452. The Morgan fingerprint density at radius 3 is 1.15 bits per heavy atom. The molecule has 0 bridgehead atoms. The molecule has 244 valence electrons. The largest absolute Gasteiger partial charge is 0.472 e. The van der Waals surface area contributed by atoms with E-state index >= 15 is 0 Å². The molecule has 10 nitrogen and oxygen atoms in total. The smallest absolute Gasteiger partial charge is 0.457 e. The molecule has 0 aliphatic heterocycles. The predicted octanol–water partition coefficient (Wildman–Crippen LogP) is 6.77. The van der Waals surface area contributed by atoms with E-state index in [0.717, 1.165) is 38.5 Å². The average molecular weight is 611 g/mol. The van der Waals surface area contributed by atoms with Crippen molar-refractivity contribution in [2.75, 3.05) is 26.4 Å². The molecular weight excluding hydrogens is 551 g/mol. The van der Waals surface area contributed by atoms with Crippen molar-refractivity contribution in [2.24, 2.45) is 0 Å². The molecule has 0 aromatic heterocycles. The SMILES string of the molecule is CCCCCCCCCCCCCC(=O)OC(CO)COP(=O)(O)OCC(CO)OC(=O)CCCCCCCCC.